The summed E-state index contributed by atoms with van der Waals surface area (Å²) in [5.74, 6) is 1.76. The van der Waals surface area contributed by atoms with Gasteiger partial charge in [-0.05, 0) is 25.3 Å². The first kappa shape index (κ1) is 20.3. The molecule has 0 aliphatic heterocycles. The fourth-order valence-corrected chi connectivity index (χ4v) is 4.89. The van der Waals surface area contributed by atoms with E-state index in [9.17, 15) is 13.6 Å². The van der Waals surface area contributed by atoms with Crippen LogP contribution in [0.15, 0.2) is 11.7 Å². The number of ether oxygens (including phenoxy) is 1. The van der Waals surface area contributed by atoms with Crippen molar-refractivity contribution in [3.8, 4) is 0 Å². The van der Waals surface area contributed by atoms with Crippen LogP contribution in [0.5, 0.6) is 0 Å². The van der Waals surface area contributed by atoms with Crippen molar-refractivity contribution in [3.05, 3.63) is 11.7 Å². The first-order chi connectivity index (χ1) is 9.52. The summed E-state index contributed by atoms with van der Waals surface area (Å²) in [6, 6.07) is 0. The Morgan fingerprint density at radius 2 is 1.70 bits per heavy atom. The van der Waals surface area contributed by atoms with Crippen molar-refractivity contribution in [3.63, 3.8) is 0 Å². The average molecular weight is 364 g/mol. The molecule has 0 rings (SSSR count). The van der Waals surface area contributed by atoms with Gasteiger partial charge in [0.05, 0.1) is 6.61 Å². The Balaban J connectivity index is 4.02. The summed E-state index contributed by atoms with van der Waals surface area (Å²) in [7, 11) is 5.74. The van der Waals surface area contributed by atoms with Crippen LogP contribution in [0, 0.1) is 0 Å². The molecular formula is C11H19F2NO2S4. The standard InChI is InChI=1S/C11H19F2NO2S4/c1-4-17-19-14(20-18-5-2)11(15)16-8-6-7-9(3)10(12)13/h4-8H2,1-3H3. The van der Waals surface area contributed by atoms with Gasteiger partial charge in [-0.3, -0.25) is 0 Å². The lowest BCUT2D eigenvalue weighted by molar-refractivity contribution is 0.141. The SMILES string of the molecule is CCSSN(SSCC)C(=O)OCCCC(C)=C(F)F. The minimum Gasteiger partial charge on any atom is -0.448 e. The minimum absolute atomic E-state index is 0.0460. The van der Waals surface area contributed by atoms with Crippen LogP contribution in [0.3, 0.4) is 0 Å². The van der Waals surface area contributed by atoms with Gasteiger partial charge in [-0.25, -0.2) is 4.79 Å². The summed E-state index contributed by atoms with van der Waals surface area (Å²) in [4.78, 5) is 11.8. The van der Waals surface area contributed by atoms with Crippen LogP contribution in [0.2, 0.25) is 0 Å². The Morgan fingerprint density at radius 3 is 2.15 bits per heavy atom. The van der Waals surface area contributed by atoms with Gasteiger partial charge in [0.25, 0.3) is 6.08 Å². The zero-order valence-corrected chi connectivity index (χ0v) is 15.0. The molecule has 0 atom stereocenters. The Hall–Kier alpha value is 0.270. The van der Waals surface area contributed by atoms with Crippen LogP contribution in [0.1, 0.15) is 33.6 Å². The van der Waals surface area contributed by atoms with Crippen LogP contribution in [0.4, 0.5) is 13.6 Å². The molecule has 0 fully saturated rings. The molecule has 0 aromatic rings. The highest BCUT2D eigenvalue weighted by atomic mass is 33.1. The summed E-state index contributed by atoms with van der Waals surface area (Å²) in [6.45, 7) is 5.53. The van der Waals surface area contributed by atoms with Gasteiger partial charge in [0.2, 0.25) is 0 Å². The third-order valence-corrected chi connectivity index (χ3v) is 7.08. The average Bonchev–Trinajstić information content (AvgIpc) is 2.43. The number of carbonyl (C=O) groups excluding carboxylic acids is 1. The van der Waals surface area contributed by atoms with E-state index in [-0.39, 0.29) is 18.6 Å². The van der Waals surface area contributed by atoms with E-state index in [0.29, 0.717) is 6.42 Å². The Morgan fingerprint density at radius 1 is 1.15 bits per heavy atom. The number of hydrogen-bond donors (Lipinski definition) is 0. The van der Waals surface area contributed by atoms with Crippen LogP contribution in [0.25, 0.3) is 0 Å². The predicted molar refractivity (Wildman–Crippen MR) is 88.8 cm³/mol. The lowest BCUT2D eigenvalue weighted by Crippen LogP contribution is -2.17. The quantitative estimate of drug-likeness (QED) is 0.268. The normalized spacial score (nSPS) is 10.2. The molecular weight excluding hydrogens is 344 g/mol. The highest BCUT2D eigenvalue weighted by Crippen LogP contribution is 2.38. The predicted octanol–water partition coefficient (Wildman–Crippen LogP) is 6.01. The van der Waals surface area contributed by atoms with Crippen LogP contribution < -0.4 is 0 Å². The number of rotatable bonds is 10. The van der Waals surface area contributed by atoms with Gasteiger partial charge in [-0.15, -0.1) is 0 Å². The Bertz CT molecular complexity index is 307. The van der Waals surface area contributed by atoms with Crippen LogP contribution in [-0.2, 0) is 4.74 Å². The smallest absolute Gasteiger partial charge is 0.431 e. The topological polar surface area (TPSA) is 29.5 Å². The second kappa shape index (κ2) is 13.0. The van der Waals surface area contributed by atoms with Crippen LogP contribution in [-0.4, -0.2) is 27.9 Å². The molecule has 0 spiro atoms. The Labute approximate surface area is 135 Å². The van der Waals surface area contributed by atoms with Crippen molar-refractivity contribution >= 4 is 49.6 Å². The molecule has 118 valence electrons. The lowest BCUT2D eigenvalue weighted by atomic mass is 10.2. The second-order valence-electron chi connectivity index (χ2n) is 3.48. The molecule has 0 aliphatic carbocycles. The molecule has 1 amide bonds. The molecule has 0 aromatic carbocycles. The molecule has 0 heterocycles. The molecule has 0 aromatic heterocycles. The van der Waals surface area contributed by atoms with E-state index in [2.05, 4.69) is 0 Å². The molecule has 0 radical (unpaired) electrons. The molecule has 3 nitrogen and oxygen atoms in total. The number of hydrogen-bond acceptors (Lipinski definition) is 6. The fourth-order valence-electron chi connectivity index (χ4n) is 0.918. The van der Waals surface area contributed by atoms with E-state index in [4.69, 9.17) is 4.74 Å². The molecule has 0 unspecified atom stereocenters. The van der Waals surface area contributed by atoms with Crippen molar-refractivity contribution in [2.45, 2.75) is 33.6 Å². The third-order valence-electron chi connectivity index (χ3n) is 1.87. The second-order valence-corrected chi connectivity index (χ2v) is 8.67. The number of nitrogens with zero attached hydrogens (tertiary/aromatic N) is 1. The summed E-state index contributed by atoms with van der Waals surface area (Å²) in [5, 5.41) is 0. The maximum Gasteiger partial charge on any atom is 0.431 e. The van der Waals surface area contributed by atoms with Crippen molar-refractivity contribution < 1.29 is 18.3 Å². The Kier molecular flexibility index (Phi) is 13.1. The number of amides is 1. The van der Waals surface area contributed by atoms with Gasteiger partial charge in [-0.1, -0.05) is 35.4 Å². The van der Waals surface area contributed by atoms with Gasteiger partial charge < -0.3 is 4.74 Å². The van der Waals surface area contributed by atoms with Crippen LogP contribution >= 0.6 is 43.5 Å². The highest BCUT2D eigenvalue weighted by Gasteiger charge is 2.17. The van der Waals surface area contributed by atoms with E-state index in [0.717, 1.165) is 11.5 Å². The molecule has 9 heteroatoms. The molecule has 0 saturated heterocycles. The minimum atomic E-state index is -1.65. The first-order valence-electron chi connectivity index (χ1n) is 6.09. The van der Waals surface area contributed by atoms with Gasteiger partial charge in [-0.2, -0.15) is 12.5 Å². The van der Waals surface area contributed by atoms with E-state index in [1.54, 1.807) is 21.6 Å². The van der Waals surface area contributed by atoms with Crippen molar-refractivity contribution in [2.75, 3.05) is 18.1 Å². The van der Waals surface area contributed by atoms with Gasteiger partial charge in [0, 0.05) is 33.5 Å². The van der Waals surface area contributed by atoms with Crippen molar-refractivity contribution in [1.82, 2.24) is 3.71 Å². The number of allylic oxidation sites excluding steroid dienone is 1. The summed E-state index contributed by atoms with van der Waals surface area (Å²) in [5.41, 5.74) is 0.0460. The monoisotopic (exact) mass is 363 g/mol. The summed E-state index contributed by atoms with van der Waals surface area (Å²) in [6.07, 6.45) is -1.45. The zero-order valence-electron chi connectivity index (χ0n) is 11.7. The van der Waals surface area contributed by atoms with Crippen molar-refractivity contribution in [1.29, 1.82) is 0 Å². The maximum atomic E-state index is 12.2. The molecule has 20 heavy (non-hydrogen) atoms. The van der Waals surface area contributed by atoms with E-state index < -0.39 is 12.2 Å². The zero-order chi connectivity index (χ0) is 15.4. The fraction of sp³-hybridized carbons (Fsp3) is 0.727. The van der Waals surface area contributed by atoms with E-state index >= 15 is 0 Å². The lowest BCUT2D eigenvalue weighted by Gasteiger charge is -2.17. The number of carbonyl (C=O) groups is 1. The van der Waals surface area contributed by atoms with Crippen molar-refractivity contribution in [2.24, 2.45) is 0 Å². The summed E-state index contributed by atoms with van der Waals surface area (Å²) < 4.78 is 30.9. The number of halogens is 2. The summed E-state index contributed by atoms with van der Waals surface area (Å²) >= 11 is 0. The first-order valence-corrected chi connectivity index (χ1v) is 10.6. The van der Waals surface area contributed by atoms with Gasteiger partial charge in [0.1, 0.15) is 0 Å². The van der Waals surface area contributed by atoms with E-state index in [1.165, 1.54) is 32.6 Å². The van der Waals surface area contributed by atoms with Gasteiger partial charge >= 0.3 is 6.09 Å². The van der Waals surface area contributed by atoms with E-state index in [1.807, 2.05) is 13.8 Å². The molecule has 0 bridgehead atoms. The maximum absolute atomic E-state index is 12.2. The molecule has 0 saturated carbocycles. The third kappa shape index (κ3) is 10.1. The molecule has 0 N–H and O–H groups in total. The highest BCUT2D eigenvalue weighted by molar-refractivity contribution is 8.83. The molecule has 0 aliphatic rings. The largest absolute Gasteiger partial charge is 0.448 e. The van der Waals surface area contributed by atoms with Gasteiger partial charge in [0.15, 0.2) is 0 Å².